The zero-order valence-electron chi connectivity index (χ0n) is 18.5. The van der Waals surface area contributed by atoms with Crippen molar-refractivity contribution in [2.75, 3.05) is 30.4 Å². The number of aliphatic carboxylic acids is 1. The number of carboxylic acids is 1. The molecule has 3 aromatic rings. The van der Waals surface area contributed by atoms with Crippen LogP contribution in [0, 0.1) is 0 Å². The number of nitrogens with zero attached hydrogens (tertiary/aromatic N) is 6. The first-order valence-corrected chi connectivity index (χ1v) is 10.5. The number of carbonyl (C=O) groups is 1. The molecule has 0 radical (unpaired) electrons. The molecule has 31 heavy (non-hydrogen) atoms. The van der Waals surface area contributed by atoms with Crippen molar-refractivity contribution in [3.8, 4) is 0 Å². The highest BCUT2D eigenvalue weighted by molar-refractivity contribution is 5.79. The second-order valence-electron chi connectivity index (χ2n) is 8.25. The van der Waals surface area contributed by atoms with Gasteiger partial charge in [0.2, 0.25) is 0 Å². The van der Waals surface area contributed by atoms with Gasteiger partial charge in [0.15, 0.2) is 0 Å². The van der Waals surface area contributed by atoms with Gasteiger partial charge in [-0.2, -0.15) is 0 Å². The van der Waals surface area contributed by atoms with Crippen molar-refractivity contribution >= 4 is 40.0 Å². The molecule has 4 rings (SSSR count). The summed E-state index contributed by atoms with van der Waals surface area (Å²) in [6, 6.07) is 13.5. The fourth-order valence-corrected chi connectivity index (χ4v) is 4.23. The lowest BCUT2D eigenvalue weighted by molar-refractivity contribution is -0.632. The van der Waals surface area contributed by atoms with Crippen LogP contribution in [0.15, 0.2) is 52.7 Å². The standard InChI is InChI=1S/C23H28N6O2/c1-26(2)18-12-13-19-21(15-18)28(4)23(27(19)3)25-24-16-8-10-17(11-9-16)29-14-6-5-7-20(29)22(30)31/h8-13,15,20H,5-7,14H2,1-4H3/p+1. The fraction of sp³-hybridized carbons (Fsp3) is 0.391. The predicted octanol–water partition coefficient (Wildman–Crippen LogP) is 3.93. The number of imidazole rings is 1. The molecule has 0 bridgehead atoms. The lowest BCUT2D eigenvalue weighted by Gasteiger charge is -2.34. The zero-order chi connectivity index (χ0) is 22.1. The molecule has 2 aromatic carbocycles. The molecule has 162 valence electrons. The van der Waals surface area contributed by atoms with Gasteiger partial charge in [0, 0.05) is 43.2 Å². The van der Waals surface area contributed by atoms with E-state index in [-0.39, 0.29) is 0 Å². The fourth-order valence-electron chi connectivity index (χ4n) is 4.23. The van der Waals surface area contributed by atoms with E-state index in [0.717, 1.165) is 53.4 Å². The number of piperidine rings is 1. The van der Waals surface area contributed by atoms with Gasteiger partial charge in [-0.25, -0.2) is 13.9 Å². The summed E-state index contributed by atoms with van der Waals surface area (Å²) in [4.78, 5) is 15.6. The van der Waals surface area contributed by atoms with Crippen LogP contribution in [0.5, 0.6) is 0 Å². The van der Waals surface area contributed by atoms with Crippen LogP contribution in [-0.2, 0) is 18.9 Å². The molecule has 0 amide bonds. The van der Waals surface area contributed by atoms with E-state index >= 15 is 0 Å². The highest BCUT2D eigenvalue weighted by atomic mass is 16.4. The maximum absolute atomic E-state index is 11.6. The van der Waals surface area contributed by atoms with Crippen molar-refractivity contribution in [3.63, 3.8) is 0 Å². The molecule has 1 unspecified atom stereocenters. The third-order valence-electron chi connectivity index (χ3n) is 6.02. The second kappa shape index (κ2) is 8.37. The number of hydrogen-bond acceptors (Lipinski definition) is 5. The van der Waals surface area contributed by atoms with Crippen LogP contribution in [0.3, 0.4) is 0 Å². The van der Waals surface area contributed by atoms with E-state index < -0.39 is 12.0 Å². The molecule has 0 aliphatic carbocycles. The number of anilines is 2. The van der Waals surface area contributed by atoms with Gasteiger partial charge < -0.3 is 14.9 Å². The van der Waals surface area contributed by atoms with Crippen LogP contribution in [0.1, 0.15) is 19.3 Å². The van der Waals surface area contributed by atoms with Crippen molar-refractivity contribution in [1.29, 1.82) is 0 Å². The number of aryl methyl sites for hydroxylation is 2. The van der Waals surface area contributed by atoms with Crippen LogP contribution in [0.4, 0.5) is 23.0 Å². The molecule has 8 nitrogen and oxygen atoms in total. The molecule has 8 heteroatoms. The van der Waals surface area contributed by atoms with Gasteiger partial charge in [-0.15, -0.1) is 0 Å². The van der Waals surface area contributed by atoms with Gasteiger partial charge in [0.25, 0.3) is 0 Å². The monoisotopic (exact) mass is 421 g/mol. The molecule has 0 spiro atoms. The number of aromatic nitrogens is 2. The zero-order valence-corrected chi connectivity index (χ0v) is 18.5. The highest BCUT2D eigenvalue weighted by Gasteiger charge is 2.28. The van der Waals surface area contributed by atoms with Crippen LogP contribution in [-0.4, -0.2) is 42.3 Å². The van der Waals surface area contributed by atoms with E-state index in [1.54, 1.807) is 0 Å². The summed E-state index contributed by atoms with van der Waals surface area (Å²) in [7, 11) is 8.02. The van der Waals surface area contributed by atoms with Gasteiger partial charge in [-0.1, -0.05) is 5.11 Å². The van der Waals surface area contributed by atoms with E-state index in [9.17, 15) is 9.90 Å². The van der Waals surface area contributed by atoms with Gasteiger partial charge >= 0.3 is 11.9 Å². The number of fused-ring (bicyclic) bond motifs is 1. The molecule has 2 heterocycles. The Morgan fingerprint density at radius 1 is 1.13 bits per heavy atom. The largest absolute Gasteiger partial charge is 0.480 e. The molecule has 1 saturated heterocycles. The Kier molecular flexibility index (Phi) is 5.63. The maximum atomic E-state index is 11.6. The maximum Gasteiger partial charge on any atom is 0.422 e. The Labute approximate surface area is 182 Å². The van der Waals surface area contributed by atoms with Crippen molar-refractivity contribution in [2.24, 2.45) is 24.3 Å². The number of azo groups is 1. The molecule has 1 fully saturated rings. The lowest BCUT2D eigenvalue weighted by Crippen LogP contribution is -2.44. The smallest absolute Gasteiger partial charge is 0.422 e. The van der Waals surface area contributed by atoms with Crippen LogP contribution < -0.4 is 14.4 Å². The van der Waals surface area contributed by atoms with Gasteiger partial charge in [0.05, 0.1) is 14.1 Å². The molecule has 1 aliphatic heterocycles. The third kappa shape index (κ3) is 3.97. The molecular formula is C23H29N6O2+. The van der Waals surface area contributed by atoms with Crippen molar-refractivity contribution in [2.45, 2.75) is 25.3 Å². The van der Waals surface area contributed by atoms with Gasteiger partial charge in [0.1, 0.15) is 22.8 Å². The van der Waals surface area contributed by atoms with Crippen LogP contribution in [0.2, 0.25) is 0 Å². The Bertz CT molecular complexity index is 1130. The van der Waals surface area contributed by atoms with Crippen LogP contribution >= 0.6 is 0 Å². The average Bonchev–Trinajstić information content (AvgIpc) is 3.02. The second-order valence-corrected chi connectivity index (χ2v) is 8.25. The van der Waals surface area contributed by atoms with Crippen LogP contribution in [0.25, 0.3) is 11.0 Å². The van der Waals surface area contributed by atoms with E-state index in [2.05, 4.69) is 33.3 Å². The van der Waals surface area contributed by atoms with Crippen molar-refractivity contribution in [3.05, 3.63) is 42.5 Å². The summed E-state index contributed by atoms with van der Waals surface area (Å²) in [5.41, 5.74) is 4.94. The predicted molar refractivity (Wildman–Crippen MR) is 122 cm³/mol. The summed E-state index contributed by atoms with van der Waals surface area (Å²) < 4.78 is 4.06. The first-order chi connectivity index (χ1) is 14.9. The molecule has 1 atom stereocenters. The van der Waals surface area contributed by atoms with Crippen molar-refractivity contribution in [1.82, 2.24) is 4.57 Å². The van der Waals surface area contributed by atoms with Gasteiger partial charge in [-0.05, 0) is 55.7 Å². The van der Waals surface area contributed by atoms with E-state index in [1.807, 2.05) is 66.5 Å². The number of rotatable bonds is 5. The Morgan fingerprint density at radius 2 is 1.87 bits per heavy atom. The summed E-state index contributed by atoms with van der Waals surface area (Å²) in [6.07, 6.45) is 2.65. The quantitative estimate of drug-likeness (QED) is 0.500. The first-order valence-electron chi connectivity index (χ1n) is 10.5. The third-order valence-corrected chi connectivity index (χ3v) is 6.02. The van der Waals surface area contributed by atoms with E-state index in [1.165, 1.54) is 0 Å². The molecule has 1 aromatic heterocycles. The topological polar surface area (TPSA) is 77.3 Å². The summed E-state index contributed by atoms with van der Waals surface area (Å²) in [5, 5.41) is 18.4. The molecule has 1 aliphatic rings. The average molecular weight is 422 g/mol. The van der Waals surface area contributed by atoms with Gasteiger partial charge in [-0.3, -0.25) is 0 Å². The minimum atomic E-state index is -0.760. The number of benzene rings is 2. The number of carboxylic acid groups (broad SMARTS) is 1. The molecule has 1 N–H and O–H groups in total. The Balaban J connectivity index is 1.59. The van der Waals surface area contributed by atoms with Crippen molar-refractivity contribution < 1.29 is 14.5 Å². The molecular weight excluding hydrogens is 392 g/mol. The normalized spacial score (nSPS) is 16.9. The lowest BCUT2D eigenvalue weighted by atomic mass is 10.0. The number of hydrogen-bond donors (Lipinski definition) is 1. The Morgan fingerprint density at radius 3 is 2.55 bits per heavy atom. The van der Waals surface area contributed by atoms with E-state index in [0.29, 0.717) is 6.42 Å². The summed E-state index contributed by atoms with van der Waals surface area (Å²) in [6.45, 7) is 0.762. The first kappa shape index (κ1) is 20.8. The Hall–Kier alpha value is -3.42. The summed E-state index contributed by atoms with van der Waals surface area (Å²) >= 11 is 0. The highest BCUT2D eigenvalue weighted by Crippen LogP contribution is 2.28. The minimum absolute atomic E-state index is 0.455. The SMILES string of the molecule is CN(C)c1ccc2c(c1)n(C)c(N=Nc1ccc(N3CCCCC3C(=O)O)cc1)[n+]2C. The van der Waals surface area contributed by atoms with E-state index in [4.69, 9.17) is 0 Å². The minimum Gasteiger partial charge on any atom is -0.480 e. The molecule has 0 saturated carbocycles. The summed E-state index contributed by atoms with van der Waals surface area (Å²) in [5.74, 6) is -0.0129.